The van der Waals surface area contributed by atoms with Gasteiger partial charge < -0.3 is 23.5 Å². The Hall–Kier alpha value is -3.15. The Morgan fingerprint density at radius 3 is 2.59 bits per heavy atom. The number of rotatable bonds is 1. The van der Waals surface area contributed by atoms with Crippen LogP contribution in [0.2, 0.25) is 0 Å². The summed E-state index contributed by atoms with van der Waals surface area (Å²) in [5.41, 5.74) is 4.86. The summed E-state index contributed by atoms with van der Waals surface area (Å²) in [6.45, 7) is 7.06. The van der Waals surface area contributed by atoms with Crippen molar-refractivity contribution < 1.29 is 18.6 Å². The molecule has 0 saturated carbocycles. The normalized spacial score (nSPS) is 15.0. The van der Waals surface area contributed by atoms with E-state index in [-0.39, 0.29) is 12.4 Å². The molecule has 0 saturated heterocycles. The van der Waals surface area contributed by atoms with Crippen molar-refractivity contribution in [3.8, 4) is 17.2 Å². The molecule has 0 bridgehead atoms. The highest BCUT2D eigenvalue weighted by molar-refractivity contribution is 5.87. The molecule has 1 aromatic heterocycles. The second kappa shape index (κ2) is 5.67. The summed E-state index contributed by atoms with van der Waals surface area (Å²) in [7, 11) is 0. The van der Waals surface area contributed by atoms with Gasteiger partial charge in [-0.05, 0) is 44.5 Å². The van der Waals surface area contributed by atoms with E-state index >= 15 is 0 Å². The Balaban J connectivity index is 1.59. The molecule has 2 aromatic carbocycles. The van der Waals surface area contributed by atoms with Crippen molar-refractivity contribution in [1.82, 2.24) is 0 Å². The van der Waals surface area contributed by atoms with Gasteiger partial charge in [-0.15, -0.1) is 0 Å². The van der Waals surface area contributed by atoms with Crippen molar-refractivity contribution >= 4 is 16.7 Å². The number of fused-ring (bicyclic) bond motifs is 3. The fraction of sp³-hybridized carbons (Fsp3) is 0.286. The quantitative estimate of drug-likeness (QED) is 0.611. The van der Waals surface area contributed by atoms with Crippen molar-refractivity contribution in [1.29, 1.82) is 0 Å². The van der Waals surface area contributed by atoms with Crippen molar-refractivity contribution in [3.63, 3.8) is 0 Å². The lowest BCUT2D eigenvalue weighted by Gasteiger charge is -2.32. The van der Waals surface area contributed by atoms with E-state index in [1.54, 1.807) is 6.92 Å². The van der Waals surface area contributed by atoms with Crippen LogP contribution >= 0.6 is 0 Å². The zero-order valence-electron chi connectivity index (χ0n) is 15.4. The van der Waals surface area contributed by atoms with Crippen LogP contribution < -0.4 is 24.7 Å². The Morgan fingerprint density at radius 2 is 1.74 bits per heavy atom. The molecule has 2 aliphatic rings. The van der Waals surface area contributed by atoms with Crippen LogP contribution in [0.25, 0.3) is 11.0 Å². The number of hydrogen-bond donors (Lipinski definition) is 0. The van der Waals surface area contributed by atoms with Crippen LogP contribution in [0.5, 0.6) is 17.2 Å². The van der Waals surface area contributed by atoms with Crippen LogP contribution in [0.15, 0.2) is 33.5 Å². The summed E-state index contributed by atoms with van der Waals surface area (Å²) in [5, 5.41) is 0.958. The van der Waals surface area contributed by atoms with Crippen molar-refractivity contribution in [2.75, 3.05) is 18.4 Å². The Labute approximate surface area is 155 Å². The van der Waals surface area contributed by atoms with Gasteiger partial charge in [0.05, 0.1) is 0 Å². The molecule has 138 valence electrons. The van der Waals surface area contributed by atoms with Gasteiger partial charge in [0.1, 0.15) is 11.3 Å². The molecule has 0 atom stereocenters. The molecule has 3 aromatic rings. The number of hydrogen-bond acceptors (Lipinski definition) is 6. The molecular weight excluding hydrogens is 346 g/mol. The lowest BCUT2D eigenvalue weighted by atomic mass is 9.99. The maximum absolute atomic E-state index is 12.1. The largest absolute Gasteiger partial charge is 0.472 e. The molecule has 5 rings (SSSR count). The number of nitrogens with zero attached hydrogens (tertiary/aromatic N) is 1. The Morgan fingerprint density at radius 1 is 0.926 bits per heavy atom. The maximum Gasteiger partial charge on any atom is 0.339 e. The molecule has 0 N–H and O–H groups in total. The first-order chi connectivity index (χ1) is 13.0. The average molecular weight is 365 g/mol. The molecule has 27 heavy (non-hydrogen) atoms. The smallest absolute Gasteiger partial charge is 0.339 e. The van der Waals surface area contributed by atoms with E-state index in [4.69, 9.17) is 18.6 Å². The molecule has 6 heteroatoms. The van der Waals surface area contributed by atoms with Gasteiger partial charge in [0, 0.05) is 40.4 Å². The van der Waals surface area contributed by atoms with Gasteiger partial charge in [0.15, 0.2) is 18.2 Å². The predicted octanol–water partition coefficient (Wildman–Crippen LogP) is 3.80. The number of aryl methyl sites for hydroxylation is 2. The summed E-state index contributed by atoms with van der Waals surface area (Å²) < 4.78 is 22.5. The summed E-state index contributed by atoms with van der Waals surface area (Å²) >= 11 is 0. The van der Waals surface area contributed by atoms with Crippen LogP contribution in [0.1, 0.15) is 22.3 Å². The zero-order valence-corrected chi connectivity index (χ0v) is 15.4. The predicted molar refractivity (Wildman–Crippen MR) is 101 cm³/mol. The average Bonchev–Trinajstić information content (AvgIpc) is 3.15. The van der Waals surface area contributed by atoms with Crippen LogP contribution in [0.4, 0.5) is 5.69 Å². The van der Waals surface area contributed by atoms with Gasteiger partial charge in [0.25, 0.3) is 0 Å². The number of benzene rings is 2. The molecule has 0 amide bonds. The fourth-order valence-corrected chi connectivity index (χ4v) is 3.75. The monoisotopic (exact) mass is 365 g/mol. The standard InChI is InChI=1S/C21H19NO5/c1-11-12(2)21(23)27-20-13(3)19-14(6-16(11)20)8-22(9-24-19)15-4-5-17-18(7-15)26-10-25-17/h4-7H,8-10H2,1-3H3. The van der Waals surface area contributed by atoms with E-state index in [1.807, 2.05) is 32.0 Å². The molecule has 0 unspecified atom stereocenters. The van der Waals surface area contributed by atoms with Crippen LogP contribution in [0, 0.1) is 20.8 Å². The van der Waals surface area contributed by atoms with Crippen molar-refractivity contribution in [3.05, 3.63) is 56.9 Å². The minimum atomic E-state index is -0.291. The second-order valence-corrected chi connectivity index (χ2v) is 7.01. The third-order valence-corrected chi connectivity index (χ3v) is 5.45. The van der Waals surface area contributed by atoms with Crippen LogP contribution in [0.3, 0.4) is 0 Å². The SMILES string of the molecule is Cc1c(C)c2cc3c(c(C)c2oc1=O)OCN(c1ccc2c(c1)OCO2)C3. The van der Waals surface area contributed by atoms with Gasteiger partial charge in [-0.3, -0.25) is 0 Å². The minimum Gasteiger partial charge on any atom is -0.472 e. The van der Waals surface area contributed by atoms with Crippen molar-refractivity contribution in [2.24, 2.45) is 0 Å². The molecule has 6 nitrogen and oxygen atoms in total. The highest BCUT2D eigenvalue weighted by Gasteiger charge is 2.24. The summed E-state index contributed by atoms with van der Waals surface area (Å²) in [6, 6.07) is 7.96. The van der Waals surface area contributed by atoms with E-state index in [0.29, 0.717) is 24.4 Å². The number of ether oxygens (including phenoxy) is 3. The number of anilines is 1. The highest BCUT2D eigenvalue weighted by atomic mass is 16.7. The summed E-state index contributed by atoms with van der Waals surface area (Å²) in [4.78, 5) is 14.2. The van der Waals surface area contributed by atoms with E-state index in [0.717, 1.165) is 45.0 Å². The van der Waals surface area contributed by atoms with E-state index < -0.39 is 0 Å². The molecule has 0 spiro atoms. The fourth-order valence-electron chi connectivity index (χ4n) is 3.75. The van der Waals surface area contributed by atoms with Gasteiger partial charge in [-0.1, -0.05) is 0 Å². The molecule has 0 aliphatic carbocycles. The molecular formula is C21H19NO5. The topological polar surface area (TPSA) is 61.1 Å². The maximum atomic E-state index is 12.1. The summed E-state index contributed by atoms with van der Waals surface area (Å²) in [5.74, 6) is 2.31. The van der Waals surface area contributed by atoms with Gasteiger partial charge >= 0.3 is 5.63 Å². The van der Waals surface area contributed by atoms with Gasteiger partial charge in [0.2, 0.25) is 6.79 Å². The van der Waals surface area contributed by atoms with Crippen LogP contribution in [-0.2, 0) is 6.54 Å². The third kappa shape index (κ3) is 2.36. The molecule has 0 radical (unpaired) electrons. The third-order valence-electron chi connectivity index (χ3n) is 5.45. The molecule has 0 fully saturated rings. The lowest BCUT2D eigenvalue weighted by Crippen LogP contribution is -2.32. The first kappa shape index (κ1) is 16.1. The van der Waals surface area contributed by atoms with E-state index in [2.05, 4.69) is 11.0 Å². The summed E-state index contributed by atoms with van der Waals surface area (Å²) in [6.07, 6.45) is 0. The van der Waals surface area contributed by atoms with Gasteiger partial charge in [-0.2, -0.15) is 0 Å². The minimum absolute atomic E-state index is 0.257. The Kier molecular flexibility index (Phi) is 3.37. The van der Waals surface area contributed by atoms with E-state index in [9.17, 15) is 4.79 Å². The highest BCUT2D eigenvalue weighted by Crippen LogP contribution is 2.40. The first-order valence-electron chi connectivity index (χ1n) is 8.87. The zero-order chi connectivity index (χ0) is 18.7. The van der Waals surface area contributed by atoms with E-state index in [1.165, 1.54) is 0 Å². The molecule has 3 heterocycles. The first-order valence-corrected chi connectivity index (χ1v) is 8.87. The second-order valence-electron chi connectivity index (χ2n) is 7.01. The van der Waals surface area contributed by atoms with Crippen LogP contribution in [-0.4, -0.2) is 13.5 Å². The van der Waals surface area contributed by atoms with Crippen molar-refractivity contribution in [2.45, 2.75) is 27.3 Å². The van der Waals surface area contributed by atoms with Gasteiger partial charge in [-0.25, -0.2) is 4.79 Å². The molecule has 2 aliphatic heterocycles. The lowest BCUT2D eigenvalue weighted by molar-refractivity contribution is 0.174. The Bertz CT molecular complexity index is 1150.